The van der Waals surface area contributed by atoms with E-state index in [4.69, 9.17) is 4.74 Å². The number of fused-ring (bicyclic) bond motifs is 1. The zero-order valence-electron chi connectivity index (χ0n) is 18.9. The Bertz CT molecular complexity index is 937. The Labute approximate surface area is 180 Å². The van der Waals surface area contributed by atoms with E-state index in [1.165, 1.54) is 23.6 Å². The average Bonchev–Trinajstić information content (AvgIpc) is 2.71. The Kier molecular flexibility index (Phi) is 6.52. The Morgan fingerprint density at radius 1 is 1.07 bits per heavy atom. The number of benzene rings is 2. The van der Waals surface area contributed by atoms with E-state index in [0.717, 1.165) is 23.1 Å². The normalized spacial score (nSPS) is 18.1. The summed E-state index contributed by atoms with van der Waals surface area (Å²) >= 11 is 0. The van der Waals surface area contributed by atoms with Crippen LogP contribution in [0, 0.1) is 0 Å². The third-order valence-corrected chi connectivity index (χ3v) is 6.42. The van der Waals surface area contributed by atoms with Gasteiger partial charge >= 0.3 is 5.97 Å². The van der Waals surface area contributed by atoms with Crippen LogP contribution in [0.15, 0.2) is 48.5 Å². The lowest BCUT2D eigenvalue weighted by Crippen LogP contribution is -2.34. The first-order valence-corrected chi connectivity index (χ1v) is 10.9. The van der Waals surface area contributed by atoms with Crippen molar-refractivity contribution in [2.75, 3.05) is 6.61 Å². The summed E-state index contributed by atoms with van der Waals surface area (Å²) in [7, 11) is 0. The van der Waals surface area contributed by atoms with E-state index < -0.39 is 6.10 Å². The van der Waals surface area contributed by atoms with Crippen molar-refractivity contribution in [2.24, 2.45) is 0 Å². The van der Waals surface area contributed by atoms with Crippen LogP contribution in [0.2, 0.25) is 0 Å². The summed E-state index contributed by atoms with van der Waals surface area (Å²) in [5.74, 6) is -0.354. The maximum Gasteiger partial charge on any atom is 0.330 e. The van der Waals surface area contributed by atoms with Crippen molar-refractivity contribution in [3.63, 3.8) is 0 Å². The summed E-state index contributed by atoms with van der Waals surface area (Å²) in [5, 5.41) is 11.0. The van der Waals surface area contributed by atoms with Crippen molar-refractivity contribution >= 4 is 12.0 Å². The van der Waals surface area contributed by atoms with E-state index >= 15 is 0 Å². The van der Waals surface area contributed by atoms with Crippen LogP contribution in [-0.4, -0.2) is 17.7 Å². The SMILES string of the molecule is CCOC(=O)/C=C/c1ccccc1CC(O)c1ccc2c(c1)C(C)(C)CCC2(C)C. The summed E-state index contributed by atoms with van der Waals surface area (Å²) in [6, 6.07) is 14.3. The van der Waals surface area contributed by atoms with E-state index in [0.29, 0.717) is 13.0 Å². The zero-order chi connectivity index (χ0) is 21.9. The molecule has 0 fully saturated rings. The number of carbonyl (C=O) groups is 1. The first-order valence-electron chi connectivity index (χ1n) is 10.9. The molecule has 3 rings (SSSR count). The van der Waals surface area contributed by atoms with E-state index in [2.05, 4.69) is 45.9 Å². The van der Waals surface area contributed by atoms with Crippen molar-refractivity contribution in [1.82, 2.24) is 0 Å². The van der Waals surface area contributed by atoms with E-state index in [1.54, 1.807) is 13.0 Å². The monoisotopic (exact) mass is 406 g/mol. The number of ether oxygens (including phenoxy) is 1. The molecule has 0 saturated heterocycles. The smallest absolute Gasteiger partial charge is 0.330 e. The highest BCUT2D eigenvalue weighted by molar-refractivity contribution is 5.87. The molecule has 0 bridgehead atoms. The summed E-state index contributed by atoms with van der Waals surface area (Å²) < 4.78 is 4.97. The molecule has 160 valence electrons. The topological polar surface area (TPSA) is 46.5 Å². The minimum Gasteiger partial charge on any atom is -0.463 e. The van der Waals surface area contributed by atoms with Gasteiger partial charge in [0.05, 0.1) is 12.7 Å². The van der Waals surface area contributed by atoms with E-state index in [9.17, 15) is 9.90 Å². The van der Waals surface area contributed by atoms with Gasteiger partial charge in [-0.1, -0.05) is 70.2 Å². The predicted molar refractivity (Wildman–Crippen MR) is 123 cm³/mol. The van der Waals surface area contributed by atoms with Crippen LogP contribution in [0.25, 0.3) is 6.08 Å². The van der Waals surface area contributed by atoms with Gasteiger partial charge in [0.1, 0.15) is 0 Å². The third-order valence-electron chi connectivity index (χ3n) is 6.42. The maximum atomic E-state index is 11.7. The number of esters is 1. The lowest BCUT2D eigenvalue weighted by atomic mass is 9.63. The first kappa shape index (κ1) is 22.3. The summed E-state index contributed by atoms with van der Waals surface area (Å²) in [5.41, 5.74) is 5.90. The van der Waals surface area contributed by atoms with Crippen LogP contribution >= 0.6 is 0 Å². The molecule has 0 aliphatic heterocycles. The number of carbonyl (C=O) groups excluding carboxylic acids is 1. The van der Waals surface area contributed by atoms with Crippen molar-refractivity contribution in [2.45, 2.75) is 70.8 Å². The molecule has 1 atom stereocenters. The molecule has 0 heterocycles. The fourth-order valence-electron chi connectivity index (χ4n) is 4.37. The lowest BCUT2D eigenvalue weighted by Gasteiger charge is -2.42. The van der Waals surface area contributed by atoms with E-state index in [-0.39, 0.29) is 16.8 Å². The molecule has 0 spiro atoms. The molecule has 2 aromatic rings. The van der Waals surface area contributed by atoms with Crippen LogP contribution in [0.1, 0.15) is 81.4 Å². The number of aliphatic hydroxyl groups is 1. The van der Waals surface area contributed by atoms with Gasteiger partial charge in [-0.05, 0) is 64.5 Å². The van der Waals surface area contributed by atoms with E-state index in [1.807, 2.05) is 24.3 Å². The molecule has 0 radical (unpaired) electrons. The summed E-state index contributed by atoms with van der Waals surface area (Å²) in [4.78, 5) is 11.7. The summed E-state index contributed by atoms with van der Waals surface area (Å²) in [6.45, 7) is 11.4. The minimum absolute atomic E-state index is 0.112. The van der Waals surface area contributed by atoms with Gasteiger partial charge in [-0.3, -0.25) is 0 Å². The second-order valence-corrected chi connectivity index (χ2v) is 9.58. The second kappa shape index (κ2) is 8.77. The van der Waals surface area contributed by atoms with Crippen LogP contribution in [-0.2, 0) is 26.8 Å². The highest BCUT2D eigenvalue weighted by atomic mass is 16.5. The fraction of sp³-hybridized carbons (Fsp3) is 0.444. The van der Waals surface area contributed by atoms with Gasteiger partial charge in [-0.15, -0.1) is 0 Å². The molecule has 1 aliphatic carbocycles. The fourth-order valence-corrected chi connectivity index (χ4v) is 4.37. The van der Waals surface area contributed by atoms with Crippen LogP contribution < -0.4 is 0 Å². The molecule has 1 unspecified atom stereocenters. The molecule has 1 aliphatic rings. The molecule has 0 aromatic heterocycles. The Balaban J connectivity index is 1.86. The third kappa shape index (κ3) is 4.84. The largest absolute Gasteiger partial charge is 0.463 e. The second-order valence-electron chi connectivity index (χ2n) is 9.58. The highest BCUT2D eigenvalue weighted by Crippen LogP contribution is 2.46. The molecule has 30 heavy (non-hydrogen) atoms. The molecular weight excluding hydrogens is 372 g/mol. The van der Waals surface area contributed by atoms with Gasteiger partial charge in [-0.2, -0.15) is 0 Å². The van der Waals surface area contributed by atoms with Gasteiger partial charge in [-0.25, -0.2) is 4.79 Å². The quantitative estimate of drug-likeness (QED) is 0.481. The minimum atomic E-state index is -0.603. The highest BCUT2D eigenvalue weighted by Gasteiger charge is 2.37. The van der Waals surface area contributed by atoms with Gasteiger partial charge < -0.3 is 9.84 Å². The molecule has 2 aromatic carbocycles. The van der Waals surface area contributed by atoms with Gasteiger partial charge in [0.15, 0.2) is 0 Å². The standard InChI is InChI=1S/C27H34O3/c1-6-30-25(29)14-12-19-9-7-8-10-20(19)18-24(28)21-11-13-22-23(17-21)27(4,5)16-15-26(22,2)3/h7-14,17,24,28H,6,15-16,18H2,1-5H3/b14-12+. The maximum absolute atomic E-state index is 11.7. The molecule has 3 heteroatoms. The number of hydrogen-bond acceptors (Lipinski definition) is 3. The summed E-state index contributed by atoms with van der Waals surface area (Å²) in [6.07, 6.45) is 5.42. The van der Waals surface area contributed by atoms with Gasteiger partial charge in [0, 0.05) is 12.5 Å². The van der Waals surface area contributed by atoms with Crippen LogP contribution in [0.3, 0.4) is 0 Å². The molecule has 3 nitrogen and oxygen atoms in total. The average molecular weight is 407 g/mol. The van der Waals surface area contributed by atoms with Crippen molar-refractivity contribution in [3.05, 3.63) is 76.4 Å². The molecular formula is C27H34O3. The molecule has 1 N–H and O–H groups in total. The Morgan fingerprint density at radius 2 is 1.73 bits per heavy atom. The van der Waals surface area contributed by atoms with Gasteiger partial charge in [0.25, 0.3) is 0 Å². The first-order chi connectivity index (χ1) is 14.1. The Morgan fingerprint density at radius 3 is 2.43 bits per heavy atom. The van der Waals surface area contributed by atoms with Gasteiger partial charge in [0.2, 0.25) is 0 Å². The van der Waals surface area contributed by atoms with Crippen LogP contribution in [0.5, 0.6) is 0 Å². The van der Waals surface area contributed by atoms with Crippen molar-refractivity contribution in [3.8, 4) is 0 Å². The van der Waals surface area contributed by atoms with Crippen molar-refractivity contribution in [1.29, 1.82) is 0 Å². The predicted octanol–water partition coefficient (Wildman–Crippen LogP) is 5.89. The molecule has 0 amide bonds. The number of rotatable bonds is 6. The zero-order valence-corrected chi connectivity index (χ0v) is 18.9. The van der Waals surface area contributed by atoms with Crippen molar-refractivity contribution < 1.29 is 14.6 Å². The molecule has 0 saturated carbocycles. The van der Waals surface area contributed by atoms with Crippen LogP contribution in [0.4, 0.5) is 0 Å². The number of hydrogen-bond donors (Lipinski definition) is 1. The Hall–Kier alpha value is -2.39. The lowest BCUT2D eigenvalue weighted by molar-refractivity contribution is -0.137. The number of aliphatic hydroxyl groups excluding tert-OH is 1.